The van der Waals surface area contributed by atoms with Gasteiger partial charge in [0.1, 0.15) is 0 Å². The van der Waals surface area contributed by atoms with Crippen molar-refractivity contribution in [3.05, 3.63) is 78.9 Å². The first kappa shape index (κ1) is 22.2. The van der Waals surface area contributed by atoms with Crippen LogP contribution in [-0.4, -0.2) is 16.1 Å². The van der Waals surface area contributed by atoms with Gasteiger partial charge in [0.25, 0.3) is 0 Å². The second kappa shape index (κ2) is 10.4. The van der Waals surface area contributed by atoms with Crippen LogP contribution >= 0.6 is 24.8 Å². The molecule has 0 aliphatic heterocycles. The molecule has 0 fully saturated rings. The maximum atomic E-state index is 4.07. The van der Waals surface area contributed by atoms with E-state index in [0.29, 0.717) is 0 Å². The number of aromatic nitrogens is 2. The van der Waals surface area contributed by atoms with E-state index in [1.165, 1.54) is 16.7 Å². The molecule has 3 rings (SSSR count). The normalized spacial score (nSPS) is 10.7. The third-order valence-corrected chi connectivity index (χ3v) is 4.43. The third-order valence-electron chi connectivity index (χ3n) is 4.43. The van der Waals surface area contributed by atoms with Crippen LogP contribution in [0.15, 0.2) is 73.3 Å². The molecule has 140 valence electrons. The van der Waals surface area contributed by atoms with Crippen molar-refractivity contribution in [3.8, 4) is 11.1 Å². The quantitative estimate of drug-likeness (QED) is 0.553. The number of nitrogens with zero attached hydrogens (tertiary/aromatic N) is 2. The van der Waals surface area contributed by atoms with Gasteiger partial charge in [-0.2, -0.15) is 0 Å². The summed E-state index contributed by atoms with van der Waals surface area (Å²) in [5.41, 5.74) is 3.79. The van der Waals surface area contributed by atoms with Gasteiger partial charge in [-0.25, -0.2) is 4.98 Å². The Balaban J connectivity index is 0.00000169. The number of benzene rings is 2. The van der Waals surface area contributed by atoms with Crippen LogP contribution in [0.5, 0.6) is 0 Å². The number of imidazole rings is 1. The molecule has 1 N–H and O–H groups in total. The topological polar surface area (TPSA) is 29.9 Å². The van der Waals surface area contributed by atoms with Crippen LogP contribution in [-0.2, 0) is 12.1 Å². The zero-order valence-corrected chi connectivity index (χ0v) is 16.9. The fraction of sp³-hybridized carbons (Fsp3) is 0.286. The Kier molecular flexibility index (Phi) is 8.86. The summed E-state index contributed by atoms with van der Waals surface area (Å²) in [7, 11) is 0. The number of aryl methyl sites for hydroxylation is 1. The Morgan fingerprint density at radius 1 is 0.923 bits per heavy atom. The molecule has 0 unspecified atom stereocenters. The molecule has 3 aromatic rings. The molecule has 5 heteroatoms. The van der Waals surface area contributed by atoms with Crippen molar-refractivity contribution in [2.24, 2.45) is 0 Å². The van der Waals surface area contributed by atoms with E-state index in [1.54, 1.807) is 0 Å². The second-order valence-electron chi connectivity index (χ2n) is 6.65. The monoisotopic (exact) mass is 391 g/mol. The van der Waals surface area contributed by atoms with Gasteiger partial charge in [0.2, 0.25) is 0 Å². The maximum Gasteiger partial charge on any atom is 0.0945 e. The van der Waals surface area contributed by atoms with Gasteiger partial charge in [-0.1, -0.05) is 54.6 Å². The van der Waals surface area contributed by atoms with Crippen molar-refractivity contribution < 1.29 is 0 Å². The minimum Gasteiger partial charge on any atom is -0.337 e. The van der Waals surface area contributed by atoms with Crippen molar-refractivity contribution >= 4 is 24.8 Å². The molecule has 0 radical (unpaired) electrons. The number of halogens is 2. The molecule has 0 aliphatic rings. The van der Waals surface area contributed by atoms with E-state index in [2.05, 4.69) is 83.3 Å². The fourth-order valence-electron chi connectivity index (χ4n) is 2.89. The van der Waals surface area contributed by atoms with Gasteiger partial charge in [0, 0.05) is 24.5 Å². The molecule has 0 atom stereocenters. The van der Waals surface area contributed by atoms with Crippen LogP contribution in [0, 0.1) is 0 Å². The number of hydrogen-bond acceptors (Lipinski definition) is 2. The number of nitrogens with one attached hydrogen (secondary N) is 1. The van der Waals surface area contributed by atoms with E-state index in [4.69, 9.17) is 0 Å². The average molecular weight is 392 g/mol. The smallest absolute Gasteiger partial charge is 0.0945 e. The molecule has 2 aromatic carbocycles. The van der Waals surface area contributed by atoms with Crippen LogP contribution < -0.4 is 5.32 Å². The van der Waals surface area contributed by atoms with E-state index in [-0.39, 0.29) is 30.4 Å². The summed E-state index contributed by atoms with van der Waals surface area (Å²) in [5.74, 6) is 0. The first-order valence-corrected chi connectivity index (χ1v) is 8.52. The average Bonchev–Trinajstić information content (AvgIpc) is 3.13. The van der Waals surface area contributed by atoms with Crippen LogP contribution in [0.2, 0.25) is 0 Å². The highest BCUT2D eigenvalue weighted by Gasteiger charge is 2.19. The highest BCUT2D eigenvalue weighted by atomic mass is 35.5. The maximum absolute atomic E-state index is 4.07. The van der Waals surface area contributed by atoms with Gasteiger partial charge in [-0.05, 0) is 43.5 Å². The summed E-state index contributed by atoms with van der Waals surface area (Å²) in [6.45, 7) is 6.45. The van der Waals surface area contributed by atoms with Gasteiger partial charge in [0.05, 0.1) is 6.33 Å². The van der Waals surface area contributed by atoms with Gasteiger partial charge < -0.3 is 9.88 Å². The first-order chi connectivity index (χ1) is 11.6. The molecule has 3 nitrogen and oxygen atoms in total. The zero-order chi connectivity index (χ0) is 16.8. The van der Waals surface area contributed by atoms with E-state index < -0.39 is 0 Å². The Hall–Kier alpha value is -1.81. The summed E-state index contributed by atoms with van der Waals surface area (Å²) in [6.07, 6.45) is 6.79. The van der Waals surface area contributed by atoms with E-state index >= 15 is 0 Å². The largest absolute Gasteiger partial charge is 0.337 e. The lowest BCUT2D eigenvalue weighted by atomic mass is 9.92. The minimum atomic E-state index is -0.0375. The predicted molar refractivity (Wildman–Crippen MR) is 114 cm³/mol. The highest BCUT2D eigenvalue weighted by Crippen LogP contribution is 2.24. The summed E-state index contributed by atoms with van der Waals surface area (Å²) in [6, 6.07) is 19.4. The van der Waals surface area contributed by atoms with Gasteiger partial charge in [-0.3, -0.25) is 0 Å². The first-order valence-electron chi connectivity index (χ1n) is 8.52. The van der Waals surface area contributed by atoms with Crippen molar-refractivity contribution in [3.63, 3.8) is 0 Å². The molecule has 0 spiro atoms. The minimum absolute atomic E-state index is 0. The molecule has 0 saturated carbocycles. The van der Waals surface area contributed by atoms with Crippen LogP contribution in [0.1, 0.15) is 25.8 Å². The Morgan fingerprint density at radius 3 is 2.19 bits per heavy atom. The predicted octanol–water partition coefficient (Wildman–Crippen LogP) is 5.31. The SMILES string of the molecule is CC(C)(NCCCn1ccnc1)c1ccc(-c2ccccc2)cc1.Cl.Cl. The molecule has 1 heterocycles. The van der Waals surface area contributed by atoms with E-state index in [1.807, 2.05) is 18.7 Å². The number of hydrogen-bond donors (Lipinski definition) is 1. The third kappa shape index (κ3) is 5.87. The molecule has 0 aliphatic carbocycles. The summed E-state index contributed by atoms with van der Waals surface area (Å²) >= 11 is 0. The van der Waals surface area contributed by atoms with Crippen LogP contribution in [0.4, 0.5) is 0 Å². The molecule has 0 saturated heterocycles. The lowest BCUT2D eigenvalue weighted by Crippen LogP contribution is -2.37. The van der Waals surface area contributed by atoms with Crippen LogP contribution in [0.3, 0.4) is 0 Å². The van der Waals surface area contributed by atoms with Gasteiger partial charge in [0.15, 0.2) is 0 Å². The molecule has 0 bridgehead atoms. The fourth-order valence-corrected chi connectivity index (χ4v) is 2.89. The van der Waals surface area contributed by atoms with Crippen molar-refractivity contribution in [2.75, 3.05) is 6.54 Å². The van der Waals surface area contributed by atoms with Crippen molar-refractivity contribution in [2.45, 2.75) is 32.4 Å². The molecule has 1 aromatic heterocycles. The Labute approximate surface area is 168 Å². The summed E-state index contributed by atoms with van der Waals surface area (Å²) in [5, 5.41) is 3.66. The van der Waals surface area contributed by atoms with Crippen molar-refractivity contribution in [1.82, 2.24) is 14.9 Å². The van der Waals surface area contributed by atoms with Gasteiger partial charge >= 0.3 is 0 Å². The highest BCUT2D eigenvalue weighted by molar-refractivity contribution is 5.85. The van der Waals surface area contributed by atoms with E-state index in [9.17, 15) is 0 Å². The Bertz CT molecular complexity index is 739. The second-order valence-corrected chi connectivity index (χ2v) is 6.65. The lowest BCUT2D eigenvalue weighted by Gasteiger charge is -2.27. The lowest BCUT2D eigenvalue weighted by molar-refractivity contribution is 0.393. The molecule has 26 heavy (non-hydrogen) atoms. The molecular weight excluding hydrogens is 365 g/mol. The standard InChI is InChI=1S/C21H25N3.2ClH/c1-21(2,23-13-6-15-24-16-14-22-17-24)20-11-9-19(10-12-20)18-7-4-3-5-8-18;;/h3-5,7-12,14,16-17,23H,6,13,15H2,1-2H3;2*1H. The Morgan fingerprint density at radius 2 is 1.58 bits per heavy atom. The summed E-state index contributed by atoms with van der Waals surface area (Å²) in [4.78, 5) is 4.07. The van der Waals surface area contributed by atoms with Crippen LogP contribution in [0.25, 0.3) is 11.1 Å². The zero-order valence-electron chi connectivity index (χ0n) is 15.3. The molecular formula is C21H27Cl2N3. The number of rotatable bonds is 7. The van der Waals surface area contributed by atoms with Gasteiger partial charge in [-0.15, -0.1) is 24.8 Å². The van der Waals surface area contributed by atoms with Crippen molar-refractivity contribution in [1.29, 1.82) is 0 Å². The molecule has 0 amide bonds. The summed E-state index contributed by atoms with van der Waals surface area (Å²) < 4.78 is 2.11. The van der Waals surface area contributed by atoms with E-state index in [0.717, 1.165) is 19.5 Å².